The Hall–Kier alpha value is -1.07. The average molecular weight is 267 g/mol. The maximum atomic E-state index is 10.7. The highest BCUT2D eigenvalue weighted by atomic mass is 32.2. The number of carboxylic acids is 1. The van der Waals surface area contributed by atoms with Gasteiger partial charge in [0, 0.05) is 11.5 Å². The number of thiazole rings is 1. The normalized spacial score (nSPS) is 12.8. The van der Waals surface area contributed by atoms with Gasteiger partial charge in [0.15, 0.2) is 0 Å². The van der Waals surface area contributed by atoms with Gasteiger partial charge in [-0.1, -0.05) is 19.1 Å². The van der Waals surface area contributed by atoms with Crippen molar-refractivity contribution in [1.29, 1.82) is 0 Å². The first-order valence-electron chi connectivity index (χ1n) is 5.32. The number of thioether (sulfide) groups is 1. The van der Waals surface area contributed by atoms with E-state index < -0.39 is 5.97 Å². The lowest BCUT2D eigenvalue weighted by atomic mass is 10.2. The molecular formula is C12H13NO2S2. The van der Waals surface area contributed by atoms with Gasteiger partial charge in [-0.05, 0) is 12.1 Å². The van der Waals surface area contributed by atoms with Crippen LogP contribution in [0.4, 0.5) is 0 Å². The molecule has 1 atom stereocenters. The average Bonchev–Trinajstić information content (AvgIpc) is 2.71. The van der Waals surface area contributed by atoms with E-state index in [2.05, 4.69) is 11.1 Å². The van der Waals surface area contributed by atoms with Gasteiger partial charge < -0.3 is 5.11 Å². The minimum atomic E-state index is -0.734. The number of nitrogens with zero attached hydrogens (tertiary/aromatic N) is 1. The lowest BCUT2D eigenvalue weighted by molar-refractivity contribution is -0.140. The molecule has 0 saturated carbocycles. The first-order chi connectivity index (χ1) is 8.16. The third-order valence-electron chi connectivity index (χ3n) is 2.35. The largest absolute Gasteiger partial charge is 0.481 e. The molecule has 0 amide bonds. The highest BCUT2D eigenvalue weighted by Crippen LogP contribution is 2.25. The molecule has 90 valence electrons. The molecule has 1 unspecified atom stereocenters. The number of carbonyl (C=O) groups is 1. The Kier molecular flexibility index (Phi) is 4.02. The molecule has 17 heavy (non-hydrogen) atoms. The molecule has 0 aliphatic heterocycles. The number of rotatable bonds is 5. The van der Waals surface area contributed by atoms with E-state index in [1.165, 1.54) is 4.70 Å². The Morgan fingerprint density at radius 2 is 2.29 bits per heavy atom. The van der Waals surface area contributed by atoms with Crippen LogP contribution in [0.15, 0.2) is 24.3 Å². The molecule has 3 nitrogen and oxygen atoms in total. The van der Waals surface area contributed by atoms with Gasteiger partial charge in [0.25, 0.3) is 0 Å². The van der Waals surface area contributed by atoms with Gasteiger partial charge in [-0.3, -0.25) is 4.79 Å². The molecule has 0 fully saturated rings. The van der Waals surface area contributed by atoms with Crippen molar-refractivity contribution >= 4 is 39.3 Å². The molecule has 1 aromatic heterocycles. The van der Waals surface area contributed by atoms with Crippen molar-refractivity contribution in [2.45, 2.75) is 12.7 Å². The quantitative estimate of drug-likeness (QED) is 0.903. The smallest absolute Gasteiger partial charge is 0.307 e. The first kappa shape index (κ1) is 12.4. The molecular weight excluding hydrogens is 254 g/mol. The fraction of sp³-hybridized carbons (Fsp3) is 0.333. The molecule has 2 rings (SSSR count). The minimum Gasteiger partial charge on any atom is -0.481 e. The number of para-hydroxylation sites is 1. The molecule has 0 radical (unpaired) electrons. The zero-order chi connectivity index (χ0) is 12.3. The number of aromatic nitrogens is 1. The Morgan fingerprint density at radius 1 is 1.53 bits per heavy atom. The summed E-state index contributed by atoms with van der Waals surface area (Å²) >= 11 is 3.30. The number of aliphatic carboxylic acids is 1. The highest BCUT2D eigenvalue weighted by molar-refractivity contribution is 7.98. The zero-order valence-electron chi connectivity index (χ0n) is 9.42. The fourth-order valence-corrected chi connectivity index (χ4v) is 3.48. The number of carboxylic acid groups (broad SMARTS) is 1. The predicted molar refractivity (Wildman–Crippen MR) is 72.6 cm³/mol. The van der Waals surface area contributed by atoms with Crippen LogP contribution >= 0.6 is 23.1 Å². The molecule has 0 aliphatic rings. The lowest BCUT2D eigenvalue weighted by Gasteiger charge is -2.03. The monoisotopic (exact) mass is 267 g/mol. The van der Waals surface area contributed by atoms with Crippen LogP contribution in [0.2, 0.25) is 0 Å². The Labute approximate surface area is 108 Å². The number of hydrogen-bond acceptors (Lipinski definition) is 4. The summed E-state index contributed by atoms with van der Waals surface area (Å²) in [6.07, 6.45) is 0. The molecule has 0 saturated heterocycles. The van der Waals surface area contributed by atoms with Crippen molar-refractivity contribution in [3.05, 3.63) is 29.3 Å². The van der Waals surface area contributed by atoms with Gasteiger partial charge in [0.1, 0.15) is 5.01 Å². The molecule has 0 aliphatic carbocycles. The van der Waals surface area contributed by atoms with E-state index in [1.54, 1.807) is 30.0 Å². The van der Waals surface area contributed by atoms with Crippen LogP contribution in [0, 0.1) is 5.92 Å². The van der Waals surface area contributed by atoms with E-state index in [9.17, 15) is 4.79 Å². The van der Waals surface area contributed by atoms with Crippen molar-refractivity contribution in [2.75, 3.05) is 5.75 Å². The third-order valence-corrected chi connectivity index (χ3v) is 4.79. The summed E-state index contributed by atoms with van der Waals surface area (Å²) in [6, 6.07) is 8.04. The summed E-state index contributed by atoms with van der Waals surface area (Å²) in [5.41, 5.74) is 1.03. The van der Waals surface area contributed by atoms with Crippen molar-refractivity contribution in [2.24, 2.45) is 5.92 Å². The topological polar surface area (TPSA) is 50.2 Å². The van der Waals surface area contributed by atoms with Crippen LogP contribution in [0.5, 0.6) is 0 Å². The summed E-state index contributed by atoms with van der Waals surface area (Å²) in [4.78, 5) is 15.2. The summed E-state index contributed by atoms with van der Waals surface area (Å²) in [6.45, 7) is 1.73. The predicted octanol–water partition coefficient (Wildman–Crippen LogP) is 3.25. The van der Waals surface area contributed by atoms with Gasteiger partial charge in [-0.15, -0.1) is 11.3 Å². The Morgan fingerprint density at radius 3 is 3.00 bits per heavy atom. The zero-order valence-corrected chi connectivity index (χ0v) is 11.1. The summed E-state index contributed by atoms with van der Waals surface area (Å²) in [5.74, 6) is 0.388. The minimum absolute atomic E-state index is 0.297. The van der Waals surface area contributed by atoms with Crippen LogP contribution in [-0.2, 0) is 10.5 Å². The van der Waals surface area contributed by atoms with Crippen molar-refractivity contribution in [1.82, 2.24) is 4.98 Å². The molecule has 1 aromatic carbocycles. The molecule has 0 spiro atoms. The maximum Gasteiger partial charge on any atom is 0.307 e. The van der Waals surface area contributed by atoms with E-state index in [-0.39, 0.29) is 5.92 Å². The van der Waals surface area contributed by atoms with E-state index in [0.717, 1.165) is 16.3 Å². The van der Waals surface area contributed by atoms with Gasteiger partial charge in [0.05, 0.1) is 16.1 Å². The molecule has 0 bridgehead atoms. The van der Waals surface area contributed by atoms with Crippen LogP contribution in [-0.4, -0.2) is 21.8 Å². The van der Waals surface area contributed by atoms with Crippen LogP contribution < -0.4 is 0 Å². The number of fused-ring (bicyclic) bond motifs is 1. The van der Waals surface area contributed by atoms with Gasteiger partial charge >= 0.3 is 5.97 Å². The van der Waals surface area contributed by atoms with Crippen molar-refractivity contribution < 1.29 is 9.90 Å². The van der Waals surface area contributed by atoms with E-state index in [0.29, 0.717) is 5.75 Å². The highest BCUT2D eigenvalue weighted by Gasteiger charge is 2.11. The van der Waals surface area contributed by atoms with E-state index in [4.69, 9.17) is 5.11 Å². The van der Waals surface area contributed by atoms with Gasteiger partial charge in [-0.2, -0.15) is 11.8 Å². The molecule has 5 heteroatoms. The van der Waals surface area contributed by atoms with Gasteiger partial charge in [0.2, 0.25) is 0 Å². The molecule has 1 N–H and O–H groups in total. The maximum absolute atomic E-state index is 10.7. The van der Waals surface area contributed by atoms with Crippen LogP contribution in [0.25, 0.3) is 10.2 Å². The lowest BCUT2D eigenvalue weighted by Crippen LogP contribution is -2.11. The Bertz CT molecular complexity index is 491. The van der Waals surface area contributed by atoms with Crippen molar-refractivity contribution in [3.8, 4) is 0 Å². The third kappa shape index (κ3) is 3.20. The molecule has 2 aromatic rings. The summed E-state index contributed by atoms with van der Waals surface area (Å²) in [7, 11) is 0. The first-order valence-corrected chi connectivity index (χ1v) is 7.29. The second-order valence-corrected chi connectivity index (χ2v) is 5.98. The standard InChI is InChI=1S/C12H13NO2S2/c1-8(12(14)15)6-16-7-11-13-9-4-2-3-5-10(9)17-11/h2-5,8H,6-7H2,1H3,(H,14,15). The van der Waals surface area contributed by atoms with Crippen molar-refractivity contribution in [3.63, 3.8) is 0 Å². The van der Waals surface area contributed by atoms with Crippen LogP contribution in [0.1, 0.15) is 11.9 Å². The van der Waals surface area contributed by atoms with Crippen LogP contribution in [0.3, 0.4) is 0 Å². The summed E-state index contributed by atoms with van der Waals surface area (Å²) in [5, 5.41) is 9.83. The van der Waals surface area contributed by atoms with E-state index >= 15 is 0 Å². The SMILES string of the molecule is CC(CSCc1nc2ccccc2s1)C(=O)O. The molecule has 1 heterocycles. The van der Waals surface area contributed by atoms with Gasteiger partial charge in [-0.25, -0.2) is 4.98 Å². The second-order valence-electron chi connectivity index (χ2n) is 3.83. The summed E-state index contributed by atoms with van der Waals surface area (Å²) < 4.78 is 1.19. The van der Waals surface area contributed by atoms with E-state index in [1.807, 2.05) is 18.2 Å². The number of benzene rings is 1. The number of hydrogen-bond donors (Lipinski definition) is 1. The second kappa shape index (κ2) is 5.51. The fourth-order valence-electron chi connectivity index (χ4n) is 1.38. The Balaban J connectivity index is 1.93.